The van der Waals surface area contributed by atoms with Crippen LogP contribution in [0.3, 0.4) is 0 Å². The molecule has 1 aromatic heterocycles. The molecular formula is C16H12ClNOS. The van der Waals surface area contributed by atoms with Gasteiger partial charge in [0.25, 0.3) is 0 Å². The van der Waals surface area contributed by atoms with E-state index in [2.05, 4.69) is 5.32 Å². The number of furan rings is 1. The predicted molar refractivity (Wildman–Crippen MR) is 86.2 cm³/mol. The number of hydrogen-bond acceptors (Lipinski definition) is 2. The van der Waals surface area contributed by atoms with Gasteiger partial charge in [-0.2, -0.15) is 0 Å². The molecule has 0 saturated heterocycles. The average molecular weight is 302 g/mol. The Morgan fingerprint density at radius 3 is 2.70 bits per heavy atom. The number of nitrogens with one attached hydrogen (secondary N) is 1. The van der Waals surface area contributed by atoms with Crippen molar-refractivity contribution in [2.45, 2.75) is 6.54 Å². The lowest BCUT2D eigenvalue weighted by Gasteiger charge is -2.05. The van der Waals surface area contributed by atoms with Gasteiger partial charge in [-0.1, -0.05) is 54.2 Å². The van der Waals surface area contributed by atoms with Crippen LogP contribution >= 0.6 is 23.8 Å². The Morgan fingerprint density at radius 1 is 1.10 bits per heavy atom. The van der Waals surface area contributed by atoms with E-state index >= 15 is 0 Å². The summed E-state index contributed by atoms with van der Waals surface area (Å²) in [6, 6.07) is 17.5. The number of hydrogen-bond donors (Lipinski definition) is 1. The Bertz CT molecular complexity index is 752. The number of fused-ring (bicyclic) bond motifs is 1. The van der Waals surface area contributed by atoms with E-state index in [4.69, 9.17) is 28.2 Å². The first kappa shape index (κ1) is 13.2. The lowest BCUT2D eigenvalue weighted by Crippen LogP contribution is -2.21. The molecule has 0 atom stereocenters. The standard InChI is InChI=1S/C16H12ClNOS/c17-13-6-7-14-12(8-13)9-15(19-14)16(20)18-10-11-4-2-1-3-5-11/h1-9H,10H2,(H,18,20). The van der Waals surface area contributed by atoms with Crippen molar-refractivity contribution in [2.75, 3.05) is 0 Å². The molecule has 20 heavy (non-hydrogen) atoms. The molecule has 0 aliphatic rings. The zero-order valence-electron chi connectivity index (χ0n) is 10.6. The summed E-state index contributed by atoms with van der Waals surface area (Å²) in [5.41, 5.74) is 1.96. The summed E-state index contributed by atoms with van der Waals surface area (Å²) in [6.45, 7) is 0.678. The van der Waals surface area contributed by atoms with Crippen LogP contribution in [0.25, 0.3) is 11.0 Å². The van der Waals surface area contributed by atoms with Gasteiger partial charge in [0.1, 0.15) is 10.6 Å². The highest BCUT2D eigenvalue weighted by atomic mass is 35.5. The molecule has 100 valence electrons. The number of thiocarbonyl (C=S) groups is 1. The van der Waals surface area contributed by atoms with Crippen molar-refractivity contribution in [3.8, 4) is 0 Å². The Hall–Kier alpha value is -1.84. The fourth-order valence-corrected chi connectivity index (χ4v) is 2.34. The molecule has 1 heterocycles. The summed E-state index contributed by atoms with van der Waals surface area (Å²) in [6.07, 6.45) is 0. The van der Waals surface area contributed by atoms with Gasteiger partial charge in [-0.05, 0) is 29.8 Å². The van der Waals surface area contributed by atoms with E-state index in [-0.39, 0.29) is 0 Å². The highest BCUT2D eigenvalue weighted by Gasteiger charge is 2.08. The number of rotatable bonds is 3. The van der Waals surface area contributed by atoms with Crippen LogP contribution in [-0.2, 0) is 6.54 Å². The van der Waals surface area contributed by atoms with E-state index in [1.807, 2.05) is 48.5 Å². The summed E-state index contributed by atoms with van der Waals surface area (Å²) in [4.78, 5) is 0.598. The normalized spacial score (nSPS) is 10.7. The predicted octanol–water partition coefficient (Wildman–Crippen LogP) is 4.55. The summed E-state index contributed by atoms with van der Waals surface area (Å²) in [5, 5.41) is 4.84. The van der Waals surface area contributed by atoms with Crippen molar-refractivity contribution >= 4 is 39.8 Å². The second-order valence-corrected chi connectivity index (χ2v) is 5.31. The van der Waals surface area contributed by atoms with Gasteiger partial charge in [0.05, 0.1) is 0 Å². The first-order valence-electron chi connectivity index (χ1n) is 6.23. The van der Waals surface area contributed by atoms with Crippen LogP contribution in [0.4, 0.5) is 0 Å². The van der Waals surface area contributed by atoms with Crippen LogP contribution in [0, 0.1) is 0 Å². The minimum absolute atomic E-state index is 0.598. The lowest BCUT2D eigenvalue weighted by atomic mass is 10.2. The van der Waals surface area contributed by atoms with Crippen molar-refractivity contribution < 1.29 is 4.42 Å². The maximum atomic E-state index is 5.96. The summed E-state index contributed by atoms with van der Waals surface area (Å²) in [5.74, 6) is 0.660. The Labute approximate surface area is 127 Å². The van der Waals surface area contributed by atoms with Crippen LogP contribution in [0.1, 0.15) is 11.3 Å². The van der Waals surface area contributed by atoms with E-state index in [0.29, 0.717) is 22.3 Å². The highest BCUT2D eigenvalue weighted by Crippen LogP contribution is 2.23. The van der Waals surface area contributed by atoms with Crippen LogP contribution in [0.2, 0.25) is 5.02 Å². The Morgan fingerprint density at radius 2 is 1.90 bits per heavy atom. The van der Waals surface area contributed by atoms with Gasteiger partial charge in [0.15, 0.2) is 5.76 Å². The first-order valence-corrected chi connectivity index (χ1v) is 7.02. The van der Waals surface area contributed by atoms with Crippen LogP contribution in [0.15, 0.2) is 59.0 Å². The van der Waals surface area contributed by atoms with Gasteiger partial charge in [-0.25, -0.2) is 0 Å². The molecule has 2 nitrogen and oxygen atoms in total. The van der Waals surface area contributed by atoms with E-state index in [0.717, 1.165) is 11.0 Å². The van der Waals surface area contributed by atoms with Crippen molar-refractivity contribution in [3.63, 3.8) is 0 Å². The van der Waals surface area contributed by atoms with E-state index in [9.17, 15) is 0 Å². The van der Waals surface area contributed by atoms with E-state index in [1.165, 1.54) is 5.56 Å². The van der Waals surface area contributed by atoms with Crippen molar-refractivity contribution in [1.29, 1.82) is 0 Å². The molecule has 0 aliphatic carbocycles. The largest absolute Gasteiger partial charge is 0.454 e. The minimum Gasteiger partial charge on any atom is -0.454 e. The maximum Gasteiger partial charge on any atom is 0.162 e. The van der Waals surface area contributed by atoms with Gasteiger partial charge in [-0.3, -0.25) is 0 Å². The van der Waals surface area contributed by atoms with Crippen molar-refractivity contribution in [1.82, 2.24) is 5.32 Å². The van der Waals surface area contributed by atoms with Gasteiger partial charge in [0, 0.05) is 17.0 Å². The third kappa shape index (κ3) is 2.84. The second kappa shape index (κ2) is 5.65. The molecule has 0 saturated carbocycles. The fraction of sp³-hybridized carbons (Fsp3) is 0.0625. The molecule has 0 fully saturated rings. The van der Waals surface area contributed by atoms with Crippen LogP contribution in [-0.4, -0.2) is 4.99 Å². The molecule has 2 aromatic carbocycles. The van der Waals surface area contributed by atoms with Crippen LogP contribution in [0.5, 0.6) is 0 Å². The summed E-state index contributed by atoms with van der Waals surface area (Å²) < 4.78 is 5.71. The molecule has 0 unspecified atom stereocenters. The SMILES string of the molecule is S=C(NCc1ccccc1)c1cc2cc(Cl)ccc2o1. The third-order valence-electron chi connectivity index (χ3n) is 3.00. The smallest absolute Gasteiger partial charge is 0.162 e. The van der Waals surface area contributed by atoms with Gasteiger partial charge >= 0.3 is 0 Å². The van der Waals surface area contributed by atoms with Crippen molar-refractivity contribution in [3.05, 3.63) is 70.9 Å². The first-order chi connectivity index (χ1) is 9.72. The third-order valence-corrected chi connectivity index (χ3v) is 3.58. The average Bonchev–Trinajstić information content (AvgIpc) is 2.89. The molecule has 0 amide bonds. The molecule has 0 spiro atoms. The molecule has 4 heteroatoms. The Balaban J connectivity index is 1.75. The molecule has 3 rings (SSSR count). The summed E-state index contributed by atoms with van der Waals surface area (Å²) >= 11 is 11.3. The van der Waals surface area contributed by atoms with Crippen LogP contribution < -0.4 is 5.32 Å². The molecule has 3 aromatic rings. The zero-order chi connectivity index (χ0) is 13.9. The molecular weight excluding hydrogens is 290 g/mol. The number of benzene rings is 2. The van der Waals surface area contributed by atoms with Gasteiger partial charge in [-0.15, -0.1) is 0 Å². The minimum atomic E-state index is 0.598. The quantitative estimate of drug-likeness (QED) is 0.718. The maximum absolute atomic E-state index is 5.96. The van der Waals surface area contributed by atoms with Crippen molar-refractivity contribution in [2.24, 2.45) is 0 Å². The van der Waals surface area contributed by atoms with Gasteiger partial charge in [0.2, 0.25) is 0 Å². The zero-order valence-corrected chi connectivity index (χ0v) is 12.2. The molecule has 0 radical (unpaired) electrons. The molecule has 0 aliphatic heterocycles. The van der Waals surface area contributed by atoms with E-state index < -0.39 is 0 Å². The second-order valence-electron chi connectivity index (χ2n) is 4.46. The number of halogens is 1. The Kier molecular flexibility index (Phi) is 3.72. The molecule has 1 N–H and O–H groups in total. The monoisotopic (exact) mass is 301 g/mol. The lowest BCUT2D eigenvalue weighted by molar-refractivity contribution is 0.601. The van der Waals surface area contributed by atoms with E-state index in [1.54, 1.807) is 6.07 Å². The fourth-order valence-electron chi connectivity index (χ4n) is 1.99. The highest BCUT2D eigenvalue weighted by molar-refractivity contribution is 7.80. The topological polar surface area (TPSA) is 25.2 Å². The molecule has 0 bridgehead atoms. The van der Waals surface area contributed by atoms with Gasteiger partial charge < -0.3 is 9.73 Å². The summed E-state index contributed by atoms with van der Waals surface area (Å²) in [7, 11) is 0.